The molecule has 1 aromatic heterocycles. The zero-order valence-electron chi connectivity index (χ0n) is 17.5. The number of nitriles is 1. The van der Waals surface area contributed by atoms with Gasteiger partial charge in [0, 0.05) is 26.2 Å². The molecule has 4 aromatic rings. The van der Waals surface area contributed by atoms with Gasteiger partial charge in [-0.25, -0.2) is 0 Å². The molecule has 33 heavy (non-hydrogen) atoms. The number of hydrogen-bond acceptors (Lipinski definition) is 4. The predicted octanol–water partition coefficient (Wildman–Crippen LogP) is 4.79. The molecule has 0 saturated heterocycles. The number of pyridine rings is 1. The zero-order chi connectivity index (χ0) is 23.0. The Bertz CT molecular complexity index is 1420. The van der Waals surface area contributed by atoms with E-state index in [0.29, 0.717) is 11.1 Å². The van der Waals surface area contributed by atoms with Crippen LogP contribution in [0.25, 0.3) is 10.8 Å². The van der Waals surface area contributed by atoms with Crippen molar-refractivity contribution in [3.05, 3.63) is 123 Å². The number of aliphatic hydroxyl groups is 1. The Morgan fingerprint density at radius 3 is 2.42 bits per heavy atom. The molecule has 2 heterocycles. The number of rotatable bonds is 3. The van der Waals surface area contributed by atoms with Crippen LogP contribution in [0.1, 0.15) is 23.1 Å². The SMILES string of the molecule is N#CC1=C([S-])N[C@@](O)(c2ccccc2)[C@H]([n+]2ccc3ccccc3c2)[C@H]1c1cccc(I)c1. The second-order valence-corrected chi connectivity index (χ2v) is 9.76. The molecule has 1 aliphatic heterocycles. The average molecular weight is 561 g/mol. The zero-order valence-corrected chi connectivity index (χ0v) is 20.5. The third-order valence-electron chi connectivity index (χ3n) is 6.18. The first-order valence-corrected chi connectivity index (χ1v) is 12.0. The van der Waals surface area contributed by atoms with Crippen LogP contribution in [0.15, 0.2) is 108 Å². The molecule has 4 nitrogen and oxygen atoms in total. The Morgan fingerprint density at radius 1 is 0.970 bits per heavy atom. The highest BCUT2D eigenvalue weighted by atomic mass is 127. The van der Waals surface area contributed by atoms with Crippen LogP contribution in [-0.4, -0.2) is 5.11 Å². The number of fused-ring (bicyclic) bond motifs is 1. The van der Waals surface area contributed by atoms with Gasteiger partial charge in [-0.05, 0) is 51.7 Å². The molecular formula is C27H20IN3OS. The Balaban J connectivity index is 1.81. The lowest BCUT2D eigenvalue weighted by Crippen LogP contribution is -2.62. The van der Waals surface area contributed by atoms with Crippen molar-refractivity contribution >= 4 is 46.0 Å². The molecule has 0 spiro atoms. The average Bonchev–Trinajstić information content (AvgIpc) is 2.84. The summed E-state index contributed by atoms with van der Waals surface area (Å²) in [5, 5.41) is 27.9. The highest BCUT2D eigenvalue weighted by Gasteiger charge is 2.54. The molecule has 0 saturated carbocycles. The topological polar surface area (TPSA) is 59.9 Å². The first-order chi connectivity index (χ1) is 16.0. The summed E-state index contributed by atoms with van der Waals surface area (Å²) in [7, 11) is 0. The minimum absolute atomic E-state index is 0.269. The highest BCUT2D eigenvalue weighted by Crippen LogP contribution is 2.46. The van der Waals surface area contributed by atoms with Gasteiger partial charge in [-0.1, -0.05) is 65.7 Å². The number of aromatic nitrogens is 1. The van der Waals surface area contributed by atoms with E-state index in [2.05, 4.69) is 46.1 Å². The van der Waals surface area contributed by atoms with Gasteiger partial charge in [0.25, 0.3) is 0 Å². The molecule has 0 fully saturated rings. The van der Waals surface area contributed by atoms with E-state index in [-0.39, 0.29) is 5.03 Å². The number of halogens is 1. The van der Waals surface area contributed by atoms with Crippen molar-refractivity contribution in [2.24, 2.45) is 0 Å². The van der Waals surface area contributed by atoms with Crippen LogP contribution in [0.5, 0.6) is 0 Å². The summed E-state index contributed by atoms with van der Waals surface area (Å²) >= 11 is 7.89. The van der Waals surface area contributed by atoms with Crippen LogP contribution in [0.2, 0.25) is 0 Å². The highest BCUT2D eigenvalue weighted by molar-refractivity contribution is 14.1. The van der Waals surface area contributed by atoms with E-state index in [1.54, 1.807) is 0 Å². The second-order valence-electron chi connectivity index (χ2n) is 8.11. The summed E-state index contributed by atoms with van der Waals surface area (Å²) in [4.78, 5) is 0. The van der Waals surface area contributed by atoms with Crippen LogP contribution < -0.4 is 9.88 Å². The molecule has 2 N–H and O–H groups in total. The van der Waals surface area contributed by atoms with Gasteiger partial charge in [0.05, 0.1) is 12.0 Å². The van der Waals surface area contributed by atoms with Crippen LogP contribution in [0, 0.1) is 14.9 Å². The van der Waals surface area contributed by atoms with Crippen LogP contribution in [-0.2, 0) is 18.4 Å². The van der Waals surface area contributed by atoms with Crippen molar-refractivity contribution < 1.29 is 9.67 Å². The lowest BCUT2D eigenvalue weighted by atomic mass is 9.75. The lowest BCUT2D eigenvalue weighted by molar-refractivity contribution is -0.742. The van der Waals surface area contributed by atoms with Crippen molar-refractivity contribution in [2.75, 3.05) is 0 Å². The van der Waals surface area contributed by atoms with E-state index in [9.17, 15) is 10.4 Å². The number of nitrogens with one attached hydrogen (secondary N) is 1. The summed E-state index contributed by atoms with van der Waals surface area (Å²) in [5.74, 6) is -0.449. The number of hydrogen-bond donors (Lipinski definition) is 2. The smallest absolute Gasteiger partial charge is 0.225 e. The summed E-state index contributed by atoms with van der Waals surface area (Å²) in [6.45, 7) is 0. The maximum Gasteiger partial charge on any atom is 0.225 e. The summed E-state index contributed by atoms with van der Waals surface area (Å²) in [6.07, 6.45) is 3.99. The van der Waals surface area contributed by atoms with Gasteiger partial charge >= 0.3 is 0 Å². The molecule has 0 bridgehead atoms. The van der Waals surface area contributed by atoms with E-state index in [1.807, 2.05) is 89.8 Å². The van der Waals surface area contributed by atoms with Gasteiger partial charge < -0.3 is 23.1 Å². The number of benzene rings is 3. The number of allylic oxidation sites excluding steroid dienone is 1. The molecule has 162 valence electrons. The van der Waals surface area contributed by atoms with E-state index in [4.69, 9.17) is 12.6 Å². The molecule has 1 aliphatic rings. The molecular weight excluding hydrogens is 541 g/mol. The van der Waals surface area contributed by atoms with E-state index >= 15 is 0 Å². The fraction of sp³-hybridized carbons (Fsp3) is 0.111. The largest absolute Gasteiger partial charge is 0.762 e. The van der Waals surface area contributed by atoms with Crippen LogP contribution in [0.3, 0.4) is 0 Å². The summed E-state index contributed by atoms with van der Waals surface area (Å²) < 4.78 is 3.06. The third-order valence-corrected chi connectivity index (χ3v) is 7.17. The van der Waals surface area contributed by atoms with Gasteiger partial charge in [0.1, 0.15) is 0 Å². The molecule has 3 aromatic carbocycles. The van der Waals surface area contributed by atoms with Crippen molar-refractivity contribution in [3.8, 4) is 6.07 Å². The normalized spacial score (nSPS) is 22.6. The van der Waals surface area contributed by atoms with E-state index < -0.39 is 17.7 Å². The van der Waals surface area contributed by atoms with Gasteiger partial charge in [0.2, 0.25) is 11.8 Å². The Hall–Kier alpha value is -2.99. The molecule has 0 amide bonds. The first kappa shape index (κ1) is 21.8. The Labute approximate surface area is 211 Å². The maximum absolute atomic E-state index is 12.3. The molecule has 0 aliphatic carbocycles. The summed E-state index contributed by atoms with van der Waals surface area (Å²) in [6, 6.07) is 29.4. The molecule has 3 atom stereocenters. The third kappa shape index (κ3) is 3.86. The molecule has 0 unspecified atom stereocenters. The fourth-order valence-corrected chi connectivity index (χ4v) is 5.57. The van der Waals surface area contributed by atoms with Crippen LogP contribution in [0.4, 0.5) is 0 Å². The van der Waals surface area contributed by atoms with Crippen molar-refractivity contribution in [1.29, 1.82) is 5.26 Å². The quantitative estimate of drug-likeness (QED) is 0.215. The van der Waals surface area contributed by atoms with Gasteiger partial charge in [-0.15, -0.1) is 0 Å². The maximum atomic E-state index is 12.3. The van der Waals surface area contributed by atoms with E-state index in [0.717, 1.165) is 19.9 Å². The lowest BCUT2D eigenvalue weighted by Gasteiger charge is -2.45. The minimum atomic E-state index is -1.53. The summed E-state index contributed by atoms with van der Waals surface area (Å²) in [5.41, 5.74) is 0.531. The van der Waals surface area contributed by atoms with E-state index in [1.165, 1.54) is 0 Å². The van der Waals surface area contributed by atoms with Crippen molar-refractivity contribution in [2.45, 2.75) is 17.7 Å². The second kappa shape index (κ2) is 8.75. The van der Waals surface area contributed by atoms with Crippen molar-refractivity contribution in [3.63, 3.8) is 0 Å². The fourth-order valence-electron chi connectivity index (χ4n) is 4.67. The van der Waals surface area contributed by atoms with Crippen molar-refractivity contribution in [1.82, 2.24) is 5.32 Å². The molecule has 5 rings (SSSR count). The predicted molar refractivity (Wildman–Crippen MR) is 139 cm³/mol. The van der Waals surface area contributed by atoms with Gasteiger partial charge in [0.15, 0.2) is 12.4 Å². The Morgan fingerprint density at radius 2 is 1.70 bits per heavy atom. The van der Waals surface area contributed by atoms with Gasteiger partial charge in [-0.2, -0.15) is 9.83 Å². The monoisotopic (exact) mass is 561 g/mol. The molecule has 6 heteroatoms. The van der Waals surface area contributed by atoms with Crippen LogP contribution >= 0.6 is 22.6 Å². The first-order valence-electron chi connectivity index (χ1n) is 10.5. The Kier molecular flexibility index (Phi) is 5.79. The standard InChI is InChI=1S/C27H20IN3OS/c28-22-12-6-9-19(15-22)24-23(16-29)26(33)30-27(32,21-10-2-1-3-11-21)25(24)31-14-13-18-7-4-5-8-20(18)17-31/h1-15,17,24-25,30,32H/t24-,25+,27+/m0/s1. The minimum Gasteiger partial charge on any atom is -0.762 e. The molecule has 0 radical (unpaired) electrons. The van der Waals surface area contributed by atoms with Gasteiger partial charge in [-0.3, -0.25) is 0 Å². The number of nitrogens with zero attached hydrogens (tertiary/aromatic N) is 2.